The fraction of sp³-hybridized carbons (Fsp3) is 0.625. The summed E-state index contributed by atoms with van der Waals surface area (Å²) in [7, 11) is 0. The van der Waals surface area contributed by atoms with Gasteiger partial charge in [0.25, 0.3) is 0 Å². The summed E-state index contributed by atoms with van der Waals surface area (Å²) in [5, 5.41) is 3.59. The molecule has 5 heteroatoms. The Morgan fingerprint density at radius 2 is 1.76 bits per heavy atom. The highest BCUT2D eigenvalue weighted by Gasteiger charge is 2.32. The van der Waals surface area contributed by atoms with Crippen LogP contribution in [0.3, 0.4) is 0 Å². The number of hydrogen-bond donors (Lipinski definition) is 1. The van der Waals surface area contributed by atoms with Gasteiger partial charge in [0, 0.05) is 31.7 Å². The lowest BCUT2D eigenvalue weighted by Crippen LogP contribution is -2.59. The van der Waals surface area contributed by atoms with Gasteiger partial charge in [-0.15, -0.1) is 0 Å². The molecule has 2 nitrogen and oxygen atoms in total. The molecule has 0 radical (unpaired) electrons. The molecule has 1 aromatic rings. The van der Waals surface area contributed by atoms with Gasteiger partial charge in [-0.25, -0.2) is 0 Å². The quantitative estimate of drug-likeness (QED) is 0.912. The van der Waals surface area contributed by atoms with Gasteiger partial charge in [-0.2, -0.15) is 13.2 Å². The smallest absolute Gasteiger partial charge is 0.309 e. The molecular formula is C16H23F3N2. The summed E-state index contributed by atoms with van der Waals surface area (Å²) < 4.78 is 37.7. The number of nitrogens with one attached hydrogen (secondary N) is 1. The molecule has 0 bridgehead atoms. The number of benzene rings is 1. The van der Waals surface area contributed by atoms with Crippen molar-refractivity contribution in [3.05, 3.63) is 35.4 Å². The molecule has 118 valence electrons. The minimum Gasteiger partial charge on any atom is -0.309 e. The molecule has 0 aromatic heterocycles. The SMILES string of the molecule is CCC1(CC)CN(Cc2ccc(C(F)(F)F)cc2)CCN1. The second kappa shape index (κ2) is 6.36. The molecule has 0 spiro atoms. The molecule has 1 aliphatic heterocycles. The molecule has 1 N–H and O–H groups in total. The molecule has 1 fully saturated rings. The monoisotopic (exact) mass is 300 g/mol. The van der Waals surface area contributed by atoms with Crippen molar-refractivity contribution in [3.63, 3.8) is 0 Å². The minimum absolute atomic E-state index is 0.143. The molecule has 0 amide bonds. The van der Waals surface area contributed by atoms with Crippen LogP contribution in [0.1, 0.15) is 37.8 Å². The van der Waals surface area contributed by atoms with E-state index in [0.717, 1.165) is 38.0 Å². The summed E-state index contributed by atoms with van der Waals surface area (Å²) in [6.07, 6.45) is -2.13. The average Bonchev–Trinajstić information content (AvgIpc) is 2.47. The van der Waals surface area contributed by atoms with E-state index in [1.807, 2.05) is 0 Å². The Balaban J connectivity index is 2.01. The largest absolute Gasteiger partial charge is 0.416 e. The zero-order valence-electron chi connectivity index (χ0n) is 12.6. The lowest BCUT2D eigenvalue weighted by Gasteiger charge is -2.43. The van der Waals surface area contributed by atoms with Crippen molar-refractivity contribution in [1.29, 1.82) is 0 Å². The molecule has 0 aliphatic carbocycles. The van der Waals surface area contributed by atoms with Crippen molar-refractivity contribution in [1.82, 2.24) is 10.2 Å². The lowest BCUT2D eigenvalue weighted by atomic mass is 9.90. The number of halogens is 3. The zero-order chi connectivity index (χ0) is 15.5. The van der Waals surface area contributed by atoms with E-state index < -0.39 is 11.7 Å². The van der Waals surface area contributed by atoms with E-state index in [4.69, 9.17) is 0 Å². The first kappa shape index (κ1) is 16.3. The van der Waals surface area contributed by atoms with Crippen molar-refractivity contribution in [2.45, 2.75) is 44.9 Å². The van der Waals surface area contributed by atoms with E-state index in [1.54, 1.807) is 12.1 Å². The van der Waals surface area contributed by atoms with Gasteiger partial charge in [0.2, 0.25) is 0 Å². The molecule has 2 rings (SSSR count). The molecule has 0 unspecified atom stereocenters. The highest BCUT2D eigenvalue weighted by atomic mass is 19.4. The van der Waals surface area contributed by atoms with Crippen LogP contribution in [-0.4, -0.2) is 30.1 Å². The molecular weight excluding hydrogens is 277 g/mol. The van der Waals surface area contributed by atoms with Gasteiger partial charge in [-0.1, -0.05) is 26.0 Å². The summed E-state index contributed by atoms with van der Waals surface area (Å²) in [5.74, 6) is 0. The summed E-state index contributed by atoms with van der Waals surface area (Å²) in [6.45, 7) is 7.88. The number of hydrogen-bond acceptors (Lipinski definition) is 2. The summed E-state index contributed by atoms with van der Waals surface area (Å²) in [6, 6.07) is 5.52. The zero-order valence-corrected chi connectivity index (χ0v) is 12.6. The molecule has 1 heterocycles. The summed E-state index contributed by atoms with van der Waals surface area (Å²) >= 11 is 0. The Morgan fingerprint density at radius 1 is 1.14 bits per heavy atom. The Morgan fingerprint density at radius 3 is 2.29 bits per heavy atom. The molecule has 0 saturated carbocycles. The van der Waals surface area contributed by atoms with Gasteiger partial charge >= 0.3 is 6.18 Å². The van der Waals surface area contributed by atoms with Crippen LogP contribution in [0.4, 0.5) is 13.2 Å². The molecule has 1 aromatic carbocycles. The average molecular weight is 300 g/mol. The normalized spacial score (nSPS) is 19.7. The van der Waals surface area contributed by atoms with Crippen LogP contribution in [0.25, 0.3) is 0 Å². The van der Waals surface area contributed by atoms with Crippen LogP contribution in [0.5, 0.6) is 0 Å². The minimum atomic E-state index is -4.26. The van der Waals surface area contributed by atoms with Gasteiger partial charge in [0.05, 0.1) is 5.56 Å². The van der Waals surface area contributed by atoms with Crippen molar-refractivity contribution in [2.75, 3.05) is 19.6 Å². The van der Waals surface area contributed by atoms with E-state index in [2.05, 4.69) is 24.1 Å². The van der Waals surface area contributed by atoms with Crippen molar-refractivity contribution in [2.24, 2.45) is 0 Å². The third-order valence-electron chi connectivity index (χ3n) is 4.50. The summed E-state index contributed by atoms with van der Waals surface area (Å²) in [5.41, 5.74) is 0.499. The third kappa shape index (κ3) is 3.98. The predicted octanol–water partition coefficient (Wildman–Crippen LogP) is 3.67. The molecule has 21 heavy (non-hydrogen) atoms. The molecule has 0 atom stereocenters. The Labute approximate surface area is 124 Å². The van der Waals surface area contributed by atoms with Crippen molar-refractivity contribution < 1.29 is 13.2 Å². The highest BCUT2D eigenvalue weighted by Crippen LogP contribution is 2.29. The maximum atomic E-state index is 12.6. The lowest BCUT2D eigenvalue weighted by molar-refractivity contribution is -0.137. The Kier molecular flexibility index (Phi) is 4.94. The predicted molar refractivity (Wildman–Crippen MR) is 78.0 cm³/mol. The van der Waals surface area contributed by atoms with Gasteiger partial charge in [-0.05, 0) is 30.5 Å². The van der Waals surface area contributed by atoms with E-state index >= 15 is 0 Å². The maximum Gasteiger partial charge on any atom is 0.416 e. The van der Waals surface area contributed by atoms with Crippen LogP contribution in [-0.2, 0) is 12.7 Å². The van der Waals surface area contributed by atoms with Gasteiger partial charge in [0.1, 0.15) is 0 Å². The van der Waals surface area contributed by atoms with Crippen LogP contribution in [0.2, 0.25) is 0 Å². The van der Waals surface area contributed by atoms with Crippen molar-refractivity contribution >= 4 is 0 Å². The maximum absolute atomic E-state index is 12.6. The number of nitrogens with zero attached hydrogens (tertiary/aromatic N) is 1. The molecule has 1 aliphatic rings. The van der Waals surface area contributed by atoms with E-state index in [0.29, 0.717) is 6.54 Å². The topological polar surface area (TPSA) is 15.3 Å². The van der Waals surface area contributed by atoms with Crippen LogP contribution < -0.4 is 5.32 Å². The fourth-order valence-electron chi connectivity index (χ4n) is 2.96. The van der Waals surface area contributed by atoms with Gasteiger partial charge < -0.3 is 5.32 Å². The third-order valence-corrected chi connectivity index (χ3v) is 4.50. The molecule has 1 saturated heterocycles. The highest BCUT2D eigenvalue weighted by molar-refractivity contribution is 5.24. The van der Waals surface area contributed by atoms with Crippen molar-refractivity contribution in [3.8, 4) is 0 Å². The van der Waals surface area contributed by atoms with Crippen LogP contribution >= 0.6 is 0 Å². The first-order chi connectivity index (χ1) is 9.88. The Bertz CT molecular complexity index is 450. The van der Waals surface area contributed by atoms with E-state index in [1.165, 1.54) is 12.1 Å². The van der Waals surface area contributed by atoms with Crippen LogP contribution in [0.15, 0.2) is 24.3 Å². The Hall–Kier alpha value is -1.07. The first-order valence-electron chi connectivity index (χ1n) is 7.52. The fourth-order valence-corrected chi connectivity index (χ4v) is 2.96. The van der Waals surface area contributed by atoms with Gasteiger partial charge in [0.15, 0.2) is 0 Å². The van der Waals surface area contributed by atoms with E-state index in [9.17, 15) is 13.2 Å². The number of rotatable bonds is 4. The van der Waals surface area contributed by atoms with Crippen LogP contribution in [0, 0.1) is 0 Å². The second-order valence-electron chi connectivity index (χ2n) is 5.82. The summed E-state index contributed by atoms with van der Waals surface area (Å²) in [4.78, 5) is 2.33. The van der Waals surface area contributed by atoms with Gasteiger partial charge in [-0.3, -0.25) is 4.90 Å². The standard InChI is InChI=1S/C16H23F3N2/c1-3-15(4-2)12-21(10-9-20-15)11-13-5-7-14(8-6-13)16(17,18)19/h5-8,20H,3-4,9-12H2,1-2H3. The second-order valence-corrected chi connectivity index (χ2v) is 5.82. The van der Waals surface area contributed by atoms with E-state index in [-0.39, 0.29) is 5.54 Å². The number of piperazine rings is 1. The first-order valence-corrected chi connectivity index (χ1v) is 7.52. The number of alkyl halides is 3.